The summed E-state index contributed by atoms with van der Waals surface area (Å²) in [5.74, 6) is -0.851. The fraction of sp³-hybridized carbons (Fsp3) is 0.500. The Hall–Kier alpha value is -1.66. The van der Waals surface area contributed by atoms with Crippen molar-refractivity contribution in [1.29, 1.82) is 0 Å². The molecule has 0 fully saturated rings. The van der Waals surface area contributed by atoms with E-state index < -0.39 is 11.8 Å². The number of carbonyl (C=O) groups is 2. The van der Waals surface area contributed by atoms with Gasteiger partial charge in [0.15, 0.2) is 5.76 Å². The number of rotatable bonds is 7. The number of amides is 2. The van der Waals surface area contributed by atoms with Crippen molar-refractivity contribution in [2.24, 2.45) is 0 Å². The predicted octanol–water partition coefficient (Wildman–Crippen LogP) is 0.240. The summed E-state index contributed by atoms with van der Waals surface area (Å²) in [5.41, 5.74) is 0. The molecule has 2 amide bonds. The molecule has 1 heterocycles. The standard InChI is InChI=1S/C12H18N2O4/c1-2-5-14(6-7-15)9-11(16)13-12(17)10-4-3-8-18-10/h3-4,8,15H,2,5-7,9H2,1H3,(H,13,16,17). The molecule has 0 saturated heterocycles. The van der Waals surface area contributed by atoms with Gasteiger partial charge in [-0.2, -0.15) is 0 Å². The lowest BCUT2D eigenvalue weighted by Gasteiger charge is -2.19. The van der Waals surface area contributed by atoms with E-state index in [4.69, 9.17) is 9.52 Å². The maximum atomic E-state index is 11.6. The van der Waals surface area contributed by atoms with E-state index in [-0.39, 0.29) is 18.9 Å². The number of nitrogens with one attached hydrogen (secondary N) is 1. The van der Waals surface area contributed by atoms with Crippen LogP contribution in [0.25, 0.3) is 0 Å². The topological polar surface area (TPSA) is 82.8 Å². The van der Waals surface area contributed by atoms with Crippen LogP contribution in [0.1, 0.15) is 23.9 Å². The van der Waals surface area contributed by atoms with Crippen LogP contribution in [0.4, 0.5) is 0 Å². The minimum atomic E-state index is -0.551. The lowest BCUT2D eigenvalue weighted by molar-refractivity contribution is -0.121. The lowest BCUT2D eigenvalue weighted by Crippen LogP contribution is -2.41. The number of hydrogen-bond acceptors (Lipinski definition) is 5. The molecule has 0 aromatic carbocycles. The van der Waals surface area contributed by atoms with Gasteiger partial charge >= 0.3 is 0 Å². The van der Waals surface area contributed by atoms with Gasteiger partial charge in [-0.25, -0.2) is 0 Å². The van der Waals surface area contributed by atoms with Gasteiger partial charge in [0.2, 0.25) is 5.91 Å². The van der Waals surface area contributed by atoms with E-state index in [9.17, 15) is 9.59 Å². The van der Waals surface area contributed by atoms with Gasteiger partial charge in [0.05, 0.1) is 19.4 Å². The third-order valence-electron chi connectivity index (χ3n) is 2.32. The average molecular weight is 254 g/mol. The van der Waals surface area contributed by atoms with E-state index in [2.05, 4.69) is 5.32 Å². The second kappa shape index (κ2) is 7.62. The summed E-state index contributed by atoms with van der Waals surface area (Å²) in [5, 5.41) is 11.1. The van der Waals surface area contributed by atoms with Crippen molar-refractivity contribution < 1.29 is 19.1 Å². The number of hydrogen-bond donors (Lipinski definition) is 2. The van der Waals surface area contributed by atoms with E-state index in [1.54, 1.807) is 11.0 Å². The Kier molecular flexibility index (Phi) is 6.10. The summed E-state index contributed by atoms with van der Waals surface area (Å²) in [7, 11) is 0. The predicted molar refractivity (Wildman–Crippen MR) is 65.0 cm³/mol. The Balaban J connectivity index is 2.42. The Bertz CT molecular complexity index is 369. The molecule has 2 N–H and O–H groups in total. The number of imide groups is 1. The number of furan rings is 1. The van der Waals surface area contributed by atoms with Crippen molar-refractivity contribution in [1.82, 2.24) is 10.2 Å². The van der Waals surface area contributed by atoms with Gasteiger partial charge in [-0.3, -0.25) is 19.8 Å². The minimum Gasteiger partial charge on any atom is -0.459 e. The Labute approximate surface area is 106 Å². The highest BCUT2D eigenvalue weighted by atomic mass is 16.3. The minimum absolute atomic E-state index is 0.0145. The zero-order chi connectivity index (χ0) is 13.4. The van der Waals surface area contributed by atoms with Gasteiger partial charge in [-0.1, -0.05) is 6.92 Å². The molecule has 1 rings (SSSR count). The summed E-state index contributed by atoms with van der Waals surface area (Å²) in [6, 6.07) is 3.06. The van der Waals surface area contributed by atoms with Gasteiger partial charge in [0, 0.05) is 6.54 Å². The Morgan fingerprint density at radius 2 is 2.22 bits per heavy atom. The normalized spacial score (nSPS) is 10.6. The fourth-order valence-electron chi connectivity index (χ4n) is 1.57. The highest BCUT2D eigenvalue weighted by Gasteiger charge is 2.15. The van der Waals surface area contributed by atoms with Crippen molar-refractivity contribution >= 4 is 11.8 Å². The fourth-order valence-corrected chi connectivity index (χ4v) is 1.57. The largest absolute Gasteiger partial charge is 0.459 e. The molecule has 0 spiro atoms. The van der Waals surface area contributed by atoms with Gasteiger partial charge < -0.3 is 9.52 Å². The molecule has 0 radical (unpaired) electrons. The second-order valence-electron chi connectivity index (χ2n) is 3.85. The molecule has 100 valence electrons. The van der Waals surface area contributed by atoms with Crippen molar-refractivity contribution in [3.05, 3.63) is 24.2 Å². The van der Waals surface area contributed by atoms with Crippen molar-refractivity contribution in [2.75, 3.05) is 26.2 Å². The van der Waals surface area contributed by atoms with Crippen molar-refractivity contribution in [3.63, 3.8) is 0 Å². The summed E-state index contributed by atoms with van der Waals surface area (Å²) in [6.07, 6.45) is 2.24. The summed E-state index contributed by atoms with van der Waals surface area (Å²) in [6.45, 7) is 3.16. The first-order valence-electron chi connectivity index (χ1n) is 5.88. The van der Waals surface area contributed by atoms with E-state index in [0.29, 0.717) is 13.1 Å². The molecule has 0 atom stereocenters. The molecular formula is C12H18N2O4. The summed E-state index contributed by atoms with van der Waals surface area (Å²) >= 11 is 0. The molecule has 1 aromatic heterocycles. The van der Waals surface area contributed by atoms with Crippen LogP contribution >= 0.6 is 0 Å². The number of aliphatic hydroxyl groups excluding tert-OH is 1. The second-order valence-corrected chi connectivity index (χ2v) is 3.85. The van der Waals surface area contributed by atoms with E-state index in [1.165, 1.54) is 12.3 Å². The maximum absolute atomic E-state index is 11.6. The smallest absolute Gasteiger partial charge is 0.293 e. The van der Waals surface area contributed by atoms with Gasteiger partial charge in [-0.05, 0) is 25.1 Å². The summed E-state index contributed by atoms with van der Waals surface area (Å²) in [4.78, 5) is 24.9. The molecule has 18 heavy (non-hydrogen) atoms. The molecule has 0 aliphatic rings. The molecule has 6 heteroatoms. The van der Waals surface area contributed by atoms with E-state index in [0.717, 1.165) is 6.42 Å². The number of nitrogens with zero attached hydrogens (tertiary/aromatic N) is 1. The van der Waals surface area contributed by atoms with E-state index in [1.807, 2.05) is 6.92 Å². The molecular weight excluding hydrogens is 236 g/mol. The maximum Gasteiger partial charge on any atom is 0.293 e. The monoisotopic (exact) mass is 254 g/mol. The third kappa shape index (κ3) is 4.68. The molecule has 0 saturated carbocycles. The van der Waals surface area contributed by atoms with Crippen LogP contribution in [0, 0.1) is 0 Å². The molecule has 0 aliphatic heterocycles. The molecule has 0 aliphatic carbocycles. The first-order chi connectivity index (χ1) is 8.67. The quantitative estimate of drug-likeness (QED) is 0.728. The van der Waals surface area contributed by atoms with Crippen LogP contribution in [0.3, 0.4) is 0 Å². The average Bonchev–Trinajstić information content (AvgIpc) is 2.82. The SMILES string of the molecule is CCCN(CCO)CC(=O)NC(=O)c1ccco1. The van der Waals surface area contributed by atoms with Crippen molar-refractivity contribution in [3.8, 4) is 0 Å². The van der Waals surface area contributed by atoms with Crippen LogP contribution in [0.5, 0.6) is 0 Å². The van der Waals surface area contributed by atoms with Gasteiger partial charge in [-0.15, -0.1) is 0 Å². The van der Waals surface area contributed by atoms with Crippen LogP contribution in [0.15, 0.2) is 22.8 Å². The third-order valence-corrected chi connectivity index (χ3v) is 2.32. The van der Waals surface area contributed by atoms with Crippen molar-refractivity contribution in [2.45, 2.75) is 13.3 Å². The highest BCUT2D eigenvalue weighted by molar-refractivity contribution is 6.03. The van der Waals surface area contributed by atoms with Crippen LogP contribution in [-0.4, -0.2) is 48.1 Å². The number of carbonyl (C=O) groups excluding carboxylic acids is 2. The first kappa shape index (κ1) is 14.4. The van der Waals surface area contributed by atoms with E-state index >= 15 is 0 Å². The molecule has 6 nitrogen and oxygen atoms in total. The molecule has 0 bridgehead atoms. The van der Waals surface area contributed by atoms with Crippen LogP contribution in [0.2, 0.25) is 0 Å². The lowest BCUT2D eigenvalue weighted by atomic mass is 10.3. The Morgan fingerprint density at radius 3 is 2.78 bits per heavy atom. The van der Waals surface area contributed by atoms with Gasteiger partial charge in [0.1, 0.15) is 0 Å². The molecule has 0 unspecified atom stereocenters. The molecule has 1 aromatic rings. The zero-order valence-corrected chi connectivity index (χ0v) is 10.4. The number of aliphatic hydroxyl groups is 1. The van der Waals surface area contributed by atoms with Crippen LogP contribution < -0.4 is 5.32 Å². The van der Waals surface area contributed by atoms with Crippen LogP contribution in [-0.2, 0) is 4.79 Å². The first-order valence-corrected chi connectivity index (χ1v) is 5.88. The van der Waals surface area contributed by atoms with Gasteiger partial charge in [0.25, 0.3) is 5.91 Å². The zero-order valence-electron chi connectivity index (χ0n) is 10.4. The highest BCUT2D eigenvalue weighted by Crippen LogP contribution is 1.99. The Morgan fingerprint density at radius 1 is 1.44 bits per heavy atom. The summed E-state index contributed by atoms with van der Waals surface area (Å²) < 4.78 is 4.88.